The summed E-state index contributed by atoms with van der Waals surface area (Å²) in [6.07, 6.45) is 4.36. The highest BCUT2D eigenvalue weighted by molar-refractivity contribution is 8.13. The van der Waals surface area contributed by atoms with Gasteiger partial charge in [-0.2, -0.15) is 5.10 Å². The normalized spacial score (nSPS) is 12.5. The van der Waals surface area contributed by atoms with E-state index in [1.807, 2.05) is 0 Å². The van der Waals surface area contributed by atoms with Crippen LogP contribution in [-0.4, -0.2) is 23.0 Å². The van der Waals surface area contributed by atoms with Gasteiger partial charge in [-0.15, -0.1) is 0 Å². The van der Waals surface area contributed by atoms with Crippen LogP contribution in [0.2, 0.25) is 0 Å². The van der Waals surface area contributed by atoms with Crippen LogP contribution in [0.15, 0.2) is 23.5 Å². The van der Waals surface area contributed by atoms with Gasteiger partial charge >= 0.3 is 0 Å². The lowest BCUT2D eigenvalue weighted by atomic mass is 10.1. The molecule has 2 aromatic heterocycles. The quantitative estimate of drug-likeness (QED) is 0.801. The maximum atomic E-state index is 11.1. The van der Waals surface area contributed by atoms with Gasteiger partial charge < -0.3 is 0 Å². The molecule has 2 heterocycles. The Morgan fingerprint density at radius 2 is 2.18 bits per heavy atom. The van der Waals surface area contributed by atoms with E-state index >= 15 is 0 Å². The summed E-state index contributed by atoms with van der Waals surface area (Å²) in [6, 6.07) is 1.35. The van der Waals surface area contributed by atoms with Crippen LogP contribution in [0.3, 0.4) is 0 Å². The highest BCUT2D eigenvalue weighted by atomic mass is 35.7. The number of halogens is 1. The predicted octanol–water partition coefficient (Wildman–Crippen LogP) is 1.86. The zero-order chi connectivity index (χ0) is 12.6. The van der Waals surface area contributed by atoms with Crippen molar-refractivity contribution in [3.63, 3.8) is 0 Å². The minimum Gasteiger partial charge on any atom is -0.237 e. The Balaban J connectivity index is 2.48. The third-order valence-corrected chi connectivity index (χ3v) is 3.41. The zero-order valence-corrected chi connectivity index (χ0v) is 11.0. The largest absolute Gasteiger partial charge is 0.280 e. The number of hydrogen-bond acceptors (Lipinski definition) is 4. The molecule has 17 heavy (non-hydrogen) atoms. The molecule has 0 N–H and O–H groups in total. The first-order chi connectivity index (χ1) is 7.86. The van der Waals surface area contributed by atoms with Crippen LogP contribution >= 0.6 is 10.7 Å². The molecule has 0 bridgehead atoms. The molecular formula is C10H12ClN3O2S. The lowest BCUT2D eigenvalue weighted by Gasteiger charge is -2.03. The molecule has 0 fully saturated rings. The van der Waals surface area contributed by atoms with E-state index in [0.29, 0.717) is 11.6 Å². The van der Waals surface area contributed by atoms with Gasteiger partial charge in [0, 0.05) is 29.1 Å². The molecule has 0 unspecified atom stereocenters. The Hall–Kier alpha value is -1.14. The number of fused-ring (bicyclic) bond motifs is 1. The maximum absolute atomic E-state index is 11.1. The van der Waals surface area contributed by atoms with Gasteiger partial charge in [-0.3, -0.25) is 0 Å². The van der Waals surface area contributed by atoms with E-state index in [1.165, 1.54) is 10.6 Å². The van der Waals surface area contributed by atoms with Crippen LogP contribution in [0.4, 0.5) is 0 Å². The second-order valence-electron chi connectivity index (χ2n) is 4.28. The van der Waals surface area contributed by atoms with Gasteiger partial charge in [0.15, 0.2) is 10.7 Å². The van der Waals surface area contributed by atoms with Crippen molar-refractivity contribution in [1.82, 2.24) is 14.6 Å². The summed E-state index contributed by atoms with van der Waals surface area (Å²) in [5, 5.41) is 3.71. The fraction of sp³-hybridized carbons (Fsp3) is 0.400. The molecular weight excluding hydrogens is 262 g/mol. The minimum atomic E-state index is -3.80. The molecule has 0 radical (unpaired) electrons. The highest BCUT2D eigenvalue weighted by Crippen LogP contribution is 2.15. The van der Waals surface area contributed by atoms with E-state index in [0.717, 1.165) is 12.0 Å². The van der Waals surface area contributed by atoms with Crippen molar-refractivity contribution in [1.29, 1.82) is 0 Å². The summed E-state index contributed by atoms with van der Waals surface area (Å²) in [6.45, 7) is 4.20. The average molecular weight is 274 g/mol. The third kappa shape index (κ3) is 2.76. The van der Waals surface area contributed by atoms with Crippen molar-refractivity contribution in [2.45, 2.75) is 25.3 Å². The minimum absolute atomic E-state index is 0.173. The van der Waals surface area contributed by atoms with Gasteiger partial charge in [0.1, 0.15) is 0 Å². The molecule has 2 rings (SSSR count). The molecule has 0 amide bonds. The van der Waals surface area contributed by atoms with Crippen molar-refractivity contribution in [3.05, 3.63) is 24.0 Å². The Kier molecular flexibility index (Phi) is 3.09. The summed E-state index contributed by atoms with van der Waals surface area (Å²) in [4.78, 5) is 4.15. The average Bonchev–Trinajstić information content (AvgIpc) is 2.58. The van der Waals surface area contributed by atoms with Crippen molar-refractivity contribution in [2.75, 3.05) is 0 Å². The van der Waals surface area contributed by atoms with Crippen molar-refractivity contribution in [3.8, 4) is 0 Å². The second kappa shape index (κ2) is 4.27. The van der Waals surface area contributed by atoms with Gasteiger partial charge in [0.05, 0.1) is 0 Å². The van der Waals surface area contributed by atoms with Crippen LogP contribution in [0, 0.1) is 5.92 Å². The van der Waals surface area contributed by atoms with Gasteiger partial charge in [0.2, 0.25) is 0 Å². The molecule has 0 aliphatic rings. The van der Waals surface area contributed by atoms with E-state index in [-0.39, 0.29) is 5.03 Å². The molecule has 0 atom stereocenters. The Labute approximate surface area is 104 Å². The van der Waals surface area contributed by atoms with Crippen LogP contribution in [-0.2, 0) is 15.5 Å². The summed E-state index contributed by atoms with van der Waals surface area (Å²) in [5.41, 5.74) is 1.48. The zero-order valence-electron chi connectivity index (χ0n) is 9.46. The molecule has 0 saturated carbocycles. The molecule has 0 aromatic carbocycles. The van der Waals surface area contributed by atoms with Crippen LogP contribution in [0.1, 0.15) is 19.4 Å². The first kappa shape index (κ1) is 12.3. The summed E-state index contributed by atoms with van der Waals surface area (Å²) >= 11 is 0. The van der Waals surface area contributed by atoms with Gasteiger partial charge in [-0.05, 0) is 17.9 Å². The number of rotatable bonds is 3. The van der Waals surface area contributed by atoms with E-state index < -0.39 is 9.05 Å². The van der Waals surface area contributed by atoms with E-state index in [9.17, 15) is 8.42 Å². The number of aromatic nitrogens is 3. The van der Waals surface area contributed by atoms with Crippen molar-refractivity contribution in [2.24, 2.45) is 5.92 Å². The Bertz CT molecular complexity index is 649. The fourth-order valence-corrected chi connectivity index (χ4v) is 2.25. The molecule has 0 spiro atoms. The van der Waals surface area contributed by atoms with Crippen molar-refractivity contribution >= 4 is 25.4 Å². The Morgan fingerprint density at radius 3 is 2.76 bits per heavy atom. The van der Waals surface area contributed by atoms with Crippen LogP contribution in [0.5, 0.6) is 0 Å². The molecule has 0 aliphatic heterocycles. The SMILES string of the molecule is CC(C)Cc1cnc2cc(S(=O)(=O)Cl)nn2c1. The second-order valence-corrected chi connectivity index (χ2v) is 6.80. The Morgan fingerprint density at radius 1 is 1.47 bits per heavy atom. The monoisotopic (exact) mass is 273 g/mol. The van der Waals surface area contributed by atoms with E-state index in [1.54, 1.807) is 12.4 Å². The fourth-order valence-electron chi connectivity index (χ4n) is 1.59. The molecule has 0 saturated heterocycles. The number of hydrogen-bond donors (Lipinski definition) is 0. The molecule has 2 aromatic rings. The molecule has 0 aliphatic carbocycles. The van der Waals surface area contributed by atoms with Crippen LogP contribution < -0.4 is 0 Å². The molecule has 92 valence electrons. The van der Waals surface area contributed by atoms with Gasteiger partial charge in [-0.1, -0.05) is 13.8 Å². The third-order valence-electron chi connectivity index (χ3n) is 2.24. The summed E-state index contributed by atoms with van der Waals surface area (Å²) < 4.78 is 23.7. The number of nitrogens with zero attached hydrogens (tertiary/aromatic N) is 3. The smallest absolute Gasteiger partial charge is 0.237 e. The summed E-state index contributed by atoms with van der Waals surface area (Å²) in [5.74, 6) is 0.501. The van der Waals surface area contributed by atoms with Crippen LogP contribution in [0.25, 0.3) is 5.65 Å². The first-order valence-corrected chi connectivity index (χ1v) is 7.46. The predicted molar refractivity (Wildman–Crippen MR) is 64.6 cm³/mol. The van der Waals surface area contributed by atoms with E-state index in [2.05, 4.69) is 23.9 Å². The maximum Gasteiger partial charge on any atom is 0.280 e. The lowest BCUT2D eigenvalue weighted by molar-refractivity contribution is 0.604. The van der Waals surface area contributed by atoms with E-state index in [4.69, 9.17) is 10.7 Å². The van der Waals surface area contributed by atoms with Gasteiger partial charge in [-0.25, -0.2) is 17.9 Å². The lowest BCUT2D eigenvalue weighted by Crippen LogP contribution is -1.99. The molecule has 5 nitrogen and oxygen atoms in total. The standard InChI is InChI=1S/C10H12ClN3O2S/c1-7(2)3-8-5-12-9-4-10(17(11,15)16)13-14(9)6-8/h4-7H,3H2,1-2H3. The molecule has 7 heteroatoms. The van der Waals surface area contributed by atoms with Crippen molar-refractivity contribution < 1.29 is 8.42 Å². The van der Waals surface area contributed by atoms with Gasteiger partial charge in [0.25, 0.3) is 9.05 Å². The highest BCUT2D eigenvalue weighted by Gasteiger charge is 2.15. The first-order valence-electron chi connectivity index (χ1n) is 5.15. The summed E-state index contributed by atoms with van der Waals surface area (Å²) in [7, 11) is 1.42. The topological polar surface area (TPSA) is 64.3 Å².